The van der Waals surface area contributed by atoms with Gasteiger partial charge in [-0.15, -0.1) is 12.4 Å². The van der Waals surface area contributed by atoms with Gasteiger partial charge in [-0.1, -0.05) is 26.2 Å². The normalized spacial score (nSPS) is 16.1. The Hall–Kier alpha value is -2.87. The van der Waals surface area contributed by atoms with Gasteiger partial charge in [0.05, 0.1) is 17.7 Å². The molecule has 234 valence electrons. The van der Waals surface area contributed by atoms with Crippen LogP contribution in [0.15, 0.2) is 46.9 Å². The number of benzene rings is 2. The summed E-state index contributed by atoms with van der Waals surface area (Å²) in [7, 11) is 0. The first-order valence-electron chi connectivity index (χ1n) is 16.1. The summed E-state index contributed by atoms with van der Waals surface area (Å²) in [5.74, 6) is 0.964. The zero-order chi connectivity index (χ0) is 29.1. The first-order valence-corrected chi connectivity index (χ1v) is 16.1. The molecule has 7 nitrogen and oxygen atoms in total. The Kier molecular flexibility index (Phi) is 12.9. The number of fused-ring (bicyclic) bond motifs is 1. The van der Waals surface area contributed by atoms with Crippen LogP contribution in [0, 0.1) is 0 Å². The van der Waals surface area contributed by atoms with Gasteiger partial charge in [0.2, 0.25) is 0 Å². The number of piperidine rings is 2. The maximum Gasteiger partial charge on any atom is 0.338 e. The average molecular weight is 611 g/mol. The fourth-order valence-electron chi connectivity index (χ4n) is 6.08. The van der Waals surface area contributed by atoms with Gasteiger partial charge < -0.3 is 18.8 Å². The lowest BCUT2D eigenvalue weighted by molar-refractivity contribution is 0.0452. The van der Waals surface area contributed by atoms with E-state index in [0.717, 1.165) is 51.2 Å². The quantitative estimate of drug-likeness (QED) is 0.107. The molecule has 43 heavy (non-hydrogen) atoms. The maximum absolute atomic E-state index is 13.9. The third kappa shape index (κ3) is 9.07. The summed E-state index contributed by atoms with van der Waals surface area (Å²) < 4.78 is 17.8. The summed E-state index contributed by atoms with van der Waals surface area (Å²) in [4.78, 5) is 31.6. The molecule has 0 amide bonds. The van der Waals surface area contributed by atoms with Gasteiger partial charge in [-0.2, -0.15) is 0 Å². The van der Waals surface area contributed by atoms with E-state index in [2.05, 4.69) is 16.7 Å². The molecule has 0 radical (unpaired) electrons. The Balaban J connectivity index is 0.00000423. The van der Waals surface area contributed by atoms with Crippen LogP contribution in [0.25, 0.3) is 11.0 Å². The van der Waals surface area contributed by atoms with E-state index in [1.165, 1.54) is 51.6 Å². The number of ketones is 1. The molecule has 0 aliphatic carbocycles. The number of ether oxygens (including phenoxy) is 2. The molecule has 8 heteroatoms. The maximum atomic E-state index is 13.9. The number of furan rings is 1. The molecule has 0 saturated carbocycles. The molecule has 3 heterocycles. The van der Waals surface area contributed by atoms with E-state index in [1.807, 2.05) is 24.3 Å². The number of carbonyl (C=O) groups excluding carboxylic acids is 2. The predicted molar refractivity (Wildman–Crippen MR) is 173 cm³/mol. The van der Waals surface area contributed by atoms with Crippen LogP contribution in [-0.4, -0.2) is 74.0 Å². The lowest BCUT2D eigenvalue weighted by atomic mass is 9.97. The Morgan fingerprint density at radius 2 is 1.44 bits per heavy atom. The van der Waals surface area contributed by atoms with Crippen molar-refractivity contribution in [3.8, 4) is 5.75 Å². The standard InChI is InChI=1S/C35H46N2O5.ClH/c1-2-3-11-32-33(34(38)27-12-15-29(16-13-27)40-24-10-22-36-18-6-4-7-19-36)30-26-28(14-17-31(30)42-32)35(39)41-25-23-37-20-8-5-9-21-37;/h12-17,26H,2-11,18-25H2,1H3;1H. The Labute approximate surface area is 262 Å². The molecule has 3 aromatic rings. The number of esters is 1. The predicted octanol–water partition coefficient (Wildman–Crippen LogP) is 7.33. The number of rotatable bonds is 14. The van der Waals surface area contributed by atoms with Crippen molar-refractivity contribution < 1.29 is 23.5 Å². The van der Waals surface area contributed by atoms with E-state index in [1.54, 1.807) is 18.2 Å². The van der Waals surface area contributed by atoms with Gasteiger partial charge in [-0.3, -0.25) is 9.69 Å². The van der Waals surface area contributed by atoms with E-state index >= 15 is 0 Å². The lowest BCUT2D eigenvalue weighted by Crippen LogP contribution is -2.33. The van der Waals surface area contributed by atoms with Crippen LogP contribution >= 0.6 is 12.4 Å². The summed E-state index contributed by atoms with van der Waals surface area (Å²) in [6.45, 7) is 9.49. The van der Waals surface area contributed by atoms with E-state index in [9.17, 15) is 9.59 Å². The van der Waals surface area contributed by atoms with Gasteiger partial charge >= 0.3 is 5.97 Å². The smallest absolute Gasteiger partial charge is 0.338 e. The number of hydrogen-bond acceptors (Lipinski definition) is 7. The molecule has 0 bridgehead atoms. The molecule has 0 spiro atoms. The number of halogens is 1. The molecular weight excluding hydrogens is 564 g/mol. The molecule has 2 aliphatic rings. The van der Waals surface area contributed by atoms with Crippen molar-refractivity contribution in [3.05, 3.63) is 64.9 Å². The topological polar surface area (TPSA) is 72.2 Å². The number of unbranched alkanes of at least 4 members (excludes halogenated alkanes) is 1. The van der Waals surface area contributed by atoms with Crippen LogP contribution in [0.3, 0.4) is 0 Å². The minimum absolute atomic E-state index is 0. The second-order valence-electron chi connectivity index (χ2n) is 11.7. The molecular formula is C35H47ClN2O5. The third-order valence-corrected chi connectivity index (χ3v) is 8.52. The largest absolute Gasteiger partial charge is 0.494 e. The van der Waals surface area contributed by atoms with Gasteiger partial charge in [0, 0.05) is 30.5 Å². The van der Waals surface area contributed by atoms with Crippen molar-refractivity contribution in [1.82, 2.24) is 9.80 Å². The van der Waals surface area contributed by atoms with Gasteiger partial charge in [0.15, 0.2) is 5.78 Å². The lowest BCUT2D eigenvalue weighted by Gasteiger charge is -2.26. The molecule has 0 atom stereocenters. The molecule has 0 unspecified atom stereocenters. The van der Waals surface area contributed by atoms with Gasteiger partial charge in [-0.05, 0) is 107 Å². The van der Waals surface area contributed by atoms with Crippen LogP contribution in [0.4, 0.5) is 0 Å². The highest BCUT2D eigenvalue weighted by atomic mass is 35.5. The minimum atomic E-state index is -0.370. The average Bonchev–Trinajstić information content (AvgIpc) is 3.40. The van der Waals surface area contributed by atoms with Crippen LogP contribution in [0.5, 0.6) is 5.75 Å². The van der Waals surface area contributed by atoms with Gasteiger partial charge in [0.1, 0.15) is 23.7 Å². The molecule has 2 aliphatic heterocycles. The van der Waals surface area contributed by atoms with E-state index in [-0.39, 0.29) is 24.2 Å². The van der Waals surface area contributed by atoms with Crippen LogP contribution in [-0.2, 0) is 11.2 Å². The van der Waals surface area contributed by atoms with Crippen molar-refractivity contribution in [3.63, 3.8) is 0 Å². The molecule has 2 aromatic carbocycles. The third-order valence-electron chi connectivity index (χ3n) is 8.52. The summed E-state index contributed by atoms with van der Waals surface area (Å²) in [5.41, 5.74) is 2.16. The Morgan fingerprint density at radius 3 is 2.12 bits per heavy atom. The zero-order valence-corrected chi connectivity index (χ0v) is 26.4. The number of nitrogens with zero attached hydrogens (tertiary/aromatic N) is 2. The van der Waals surface area contributed by atoms with Crippen LogP contribution in [0.1, 0.15) is 96.8 Å². The molecule has 1 aromatic heterocycles. The molecule has 5 rings (SSSR count). The van der Waals surface area contributed by atoms with Crippen LogP contribution in [0.2, 0.25) is 0 Å². The molecule has 2 fully saturated rings. The van der Waals surface area contributed by atoms with E-state index in [4.69, 9.17) is 13.9 Å². The SMILES string of the molecule is CCCCc1oc2ccc(C(=O)OCCN3CCCCC3)cc2c1C(=O)c1ccc(OCCCN2CCCCC2)cc1.Cl. The highest BCUT2D eigenvalue weighted by Crippen LogP contribution is 2.31. The number of hydrogen-bond donors (Lipinski definition) is 0. The summed E-state index contributed by atoms with van der Waals surface area (Å²) >= 11 is 0. The fourth-order valence-corrected chi connectivity index (χ4v) is 6.08. The van der Waals surface area contributed by atoms with E-state index < -0.39 is 0 Å². The highest BCUT2D eigenvalue weighted by molar-refractivity contribution is 6.17. The van der Waals surface area contributed by atoms with Crippen LogP contribution < -0.4 is 4.74 Å². The second-order valence-corrected chi connectivity index (χ2v) is 11.7. The summed E-state index contributed by atoms with van der Waals surface area (Å²) in [5, 5.41) is 0.662. The Bertz CT molecular complexity index is 1310. The summed E-state index contributed by atoms with van der Waals surface area (Å²) in [6, 6.07) is 12.6. The fraction of sp³-hybridized carbons (Fsp3) is 0.543. The number of likely N-dealkylation sites (tertiary alicyclic amines) is 2. The van der Waals surface area contributed by atoms with Crippen molar-refractivity contribution in [1.29, 1.82) is 0 Å². The minimum Gasteiger partial charge on any atom is -0.494 e. The Morgan fingerprint density at radius 1 is 0.791 bits per heavy atom. The zero-order valence-electron chi connectivity index (χ0n) is 25.6. The van der Waals surface area contributed by atoms with Gasteiger partial charge in [0.25, 0.3) is 0 Å². The molecule has 0 N–H and O–H groups in total. The number of carbonyl (C=O) groups is 2. The van der Waals surface area contributed by atoms with Crippen molar-refractivity contribution in [2.24, 2.45) is 0 Å². The van der Waals surface area contributed by atoms with Gasteiger partial charge in [-0.25, -0.2) is 4.79 Å². The molecule has 2 saturated heterocycles. The van der Waals surface area contributed by atoms with Crippen molar-refractivity contribution in [2.75, 3.05) is 52.5 Å². The highest BCUT2D eigenvalue weighted by Gasteiger charge is 2.23. The number of aryl methyl sites for hydroxylation is 1. The van der Waals surface area contributed by atoms with Crippen molar-refractivity contribution in [2.45, 2.75) is 71.1 Å². The first-order chi connectivity index (χ1) is 20.6. The first kappa shape index (κ1) is 33.0. The second kappa shape index (κ2) is 16.8. The monoisotopic (exact) mass is 610 g/mol. The van der Waals surface area contributed by atoms with Crippen molar-refractivity contribution >= 4 is 35.1 Å². The van der Waals surface area contributed by atoms with E-state index in [0.29, 0.717) is 53.1 Å². The summed E-state index contributed by atoms with van der Waals surface area (Å²) in [6.07, 6.45) is 11.2.